The number of rotatable bonds is 9. The van der Waals surface area contributed by atoms with Crippen LogP contribution in [0.3, 0.4) is 0 Å². The Morgan fingerprint density at radius 3 is 2.24 bits per heavy atom. The van der Waals surface area contributed by atoms with Crippen LogP contribution in [-0.2, 0) is 22.6 Å². The number of nitrogens with one attached hydrogen (secondary N) is 1. The summed E-state index contributed by atoms with van der Waals surface area (Å²) in [6, 6.07) is 15.6. The molecule has 0 aromatic heterocycles. The van der Waals surface area contributed by atoms with E-state index < -0.39 is 6.04 Å². The van der Waals surface area contributed by atoms with Gasteiger partial charge in [-0.25, -0.2) is 0 Å². The van der Waals surface area contributed by atoms with Gasteiger partial charge in [-0.1, -0.05) is 80.4 Å². The predicted octanol–water partition coefficient (Wildman–Crippen LogP) is 4.43. The number of benzene rings is 2. The lowest BCUT2D eigenvalue weighted by molar-refractivity contribution is -0.141. The smallest absolute Gasteiger partial charge is 0.242 e. The number of amides is 2. The molecular formula is C25H34N2O2. The summed E-state index contributed by atoms with van der Waals surface area (Å²) in [6.07, 6.45) is 0.870. The minimum Gasteiger partial charge on any atom is -0.354 e. The van der Waals surface area contributed by atoms with Crippen molar-refractivity contribution in [3.63, 3.8) is 0 Å². The average Bonchev–Trinajstić information content (AvgIpc) is 2.68. The van der Waals surface area contributed by atoms with Crippen molar-refractivity contribution in [3.8, 4) is 0 Å². The van der Waals surface area contributed by atoms with Gasteiger partial charge in [0.15, 0.2) is 0 Å². The summed E-state index contributed by atoms with van der Waals surface area (Å²) >= 11 is 0. The first-order valence-corrected chi connectivity index (χ1v) is 10.5. The summed E-state index contributed by atoms with van der Waals surface area (Å²) in [5.41, 5.74) is 4.31. The lowest BCUT2D eigenvalue weighted by atomic mass is 10.0. The fraction of sp³-hybridized carbons (Fsp3) is 0.440. The molecule has 29 heavy (non-hydrogen) atoms. The van der Waals surface area contributed by atoms with Crippen LogP contribution in [0.5, 0.6) is 0 Å². The first-order chi connectivity index (χ1) is 13.8. The van der Waals surface area contributed by atoms with Gasteiger partial charge in [0.2, 0.25) is 11.8 Å². The maximum Gasteiger partial charge on any atom is 0.242 e. The Balaban J connectivity index is 2.25. The van der Waals surface area contributed by atoms with Crippen molar-refractivity contribution < 1.29 is 9.59 Å². The molecule has 2 rings (SSSR count). The van der Waals surface area contributed by atoms with Crippen LogP contribution in [-0.4, -0.2) is 29.3 Å². The van der Waals surface area contributed by atoms with Crippen LogP contribution in [0.25, 0.3) is 0 Å². The van der Waals surface area contributed by atoms with E-state index in [1.54, 1.807) is 4.90 Å². The SMILES string of the molecule is CCC(C(=O)NCC(C)C)N(Cc1cccc(C)c1)C(=O)Cc1ccc(C)cc1. The summed E-state index contributed by atoms with van der Waals surface area (Å²) in [7, 11) is 0. The van der Waals surface area contributed by atoms with Crippen LogP contribution in [0, 0.1) is 19.8 Å². The Morgan fingerprint density at radius 2 is 1.66 bits per heavy atom. The van der Waals surface area contributed by atoms with Gasteiger partial charge in [0.05, 0.1) is 6.42 Å². The number of hydrogen-bond acceptors (Lipinski definition) is 2. The molecule has 1 N–H and O–H groups in total. The average molecular weight is 395 g/mol. The maximum absolute atomic E-state index is 13.3. The van der Waals surface area contributed by atoms with E-state index in [1.807, 2.05) is 63.2 Å². The van der Waals surface area contributed by atoms with Crippen LogP contribution in [0.15, 0.2) is 48.5 Å². The van der Waals surface area contributed by atoms with Gasteiger partial charge >= 0.3 is 0 Å². The zero-order chi connectivity index (χ0) is 21.4. The summed E-state index contributed by atoms with van der Waals surface area (Å²) in [4.78, 5) is 27.9. The molecule has 0 heterocycles. The topological polar surface area (TPSA) is 49.4 Å². The normalized spacial score (nSPS) is 11.9. The number of aryl methyl sites for hydroxylation is 2. The Morgan fingerprint density at radius 1 is 0.966 bits per heavy atom. The minimum absolute atomic E-state index is 0.0260. The zero-order valence-corrected chi connectivity index (χ0v) is 18.4. The fourth-order valence-electron chi connectivity index (χ4n) is 3.33. The summed E-state index contributed by atoms with van der Waals surface area (Å²) in [5, 5.41) is 3.00. The molecule has 2 aromatic rings. The molecule has 0 saturated heterocycles. The lowest BCUT2D eigenvalue weighted by Gasteiger charge is -2.31. The van der Waals surface area contributed by atoms with Gasteiger partial charge in [0.25, 0.3) is 0 Å². The summed E-state index contributed by atoms with van der Waals surface area (Å²) < 4.78 is 0. The fourth-order valence-corrected chi connectivity index (χ4v) is 3.33. The monoisotopic (exact) mass is 394 g/mol. The number of carbonyl (C=O) groups is 2. The molecule has 0 aliphatic carbocycles. The maximum atomic E-state index is 13.3. The van der Waals surface area contributed by atoms with Gasteiger partial charge in [0.1, 0.15) is 6.04 Å². The van der Waals surface area contributed by atoms with Gasteiger partial charge < -0.3 is 10.2 Å². The standard InChI is InChI=1S/C25H34N2O2/c1-6-23(25(29)26-16-18(2)3)27(17-22-9-7-8-20(5)14-22)24(28)15-21-12-10-19(4)11-13-21/h7-14,18,23H,6,15-17H2,1-5H3,(H,26,29). The molecule has 0 saturated carbocycles. The Kier molecular flexibility index (Phi) is 8.44. The molecule has 4 heteroatoms. The van der Waals surface area contributed by atoms with E-state index in [9.17, 15) is 9.59 Å². The van der Waals surface area contributed by atoms with Crippen LogP contribution in [0.1, 0.15) is 49.4 Å². The van der Waals surface area contributed by atoms with E-state index in [0.717, 1.165) is 22.3 Å². The molecule has 2 amide bonds. The number of nitrogens with zero attached hydrogens (tertiary/aromatic N) is 1. The van der Waals surface area contributed by atoms with Crippen molar-refractivity contribution in [1.82, 2.24) is 10.2 Å². The van der Waals surface area contributed by atoms with E-state index in [2.05, 4.69) is 25.2 Å². The second kappa shape index (κ2) is 10.8. The first-order valence-electron chi connectivity index (χ1n) is 10.5. The van der Waals surface area contributed by atoms with Gasteiger partial charge in [0, 0.05) is 13.1 Å². The molecule has 0 radical (unpaired) electrons. The minimum atomic E-state index is -0.479. The molecule has 0 bridgehead atoms. The highest BCUT2D eigenvalue weighted by molar-refractivity contribution is 5.88. The predicted molar refractivity (Wildman–Crippen MR) is 119 cm³/mol. The van der Waals surface area contributed by atoms with Gasteiger partial charge in [-0.15, -0.1) is 0 Å². The van der Waals surface area contributed by atoms with Crippen molar-refractivity contribution in [3.05, 3.63) is 70.8 Å². The highest BCUT2D eigenvalue weighted by Gasteiger charge is 2.28. The van der Waals surface area contributed by atoms with Crippen molar-refractivity contribution in [2.75, 3.05) is 6.54 Å². The molecule has 2 aromatic carbocycles. The van der Waals surface area contributed by atoms with Crippen molar-refractivity contribution in [2.45, 2.75) is 60.0 Å². The largest absolute Gasteiger partial charge is 0.354 e. The third-order valence-electron chi connectivity index (χ3n) is 4.98. The number of hydrogen-bond donors (Lipinski definition) is 1. The van der Waals surface area contributed by atoms with E-state index in [-0.39, 0.29) is 11.8 Å². The molecule has 0 spiro atoms. The molecule has 1 unspecified atom stereocenters. The van der Waals surface area contributed by atoms with E-state index in [0.29, 0.717) is 31.8 Å². The third-order valence-corrected chi connectivity index (χ3v) is 4.98. The lowest BCUT2D eigenvalue weighted by Crippen LogP contribution is -2.50. The van der Waals surface area contributed by atoms with E-state index in [1.165, 1.54) is 0 Å². The molecule has 0 aliphatic rings. The van der Waals surface area contributed by atoms with Crippen LogP contribution < -0.4 is 5.32 Å². The Labute approximate surface area is 175 Å². The highest BCUT2D eigenvalue weighted by Crippen LogP contribution is 2.16. The molecule has 1 atom stereocenters. The van der Waals surface area contributed by atoms with Crippen molar-refractivity contribution >= 4 is 11.8 Å². The van der Waals surface area contributed by atoms with Crippen molar-refractivity contribution in [1.29, 1.82) is 0 Å². The van der Waals surface area contributed by atoms with Crippen LogP contribution in [0.4, 0.5) is 0 Å². The molecule has 4 nitrogen and oxygen atoms in total. The second-order valence-corrected chi connectivity index (χ2v) is 8.24. The third kappa shape index (κ3) is 7.04. The molecule has 0 fully saturated rings. The summed E-state index contributed by atoms with van der Waals surface area (Å²) in [6.45, 7) is 11.2. The van der Waals surface area contributed by atoms with Gasteiger partial charge in [-0.2, -0.15) is 0 Å². The first kappa shape index (κ1) is 22.7. The Bertz CT molecular complexity index is 812. The zero-order valence-electron chi connectivity index (χ0n) is 18.4. The van der Waals surface area contributed by atoms with Gasteiger partial charge in [-0.05, 0) is 37.3 Å². The summed E-state index contributed by atoms with van der Waals surface area (Å²) in [5.74, 6) is 0.262. The number of carbonyl (C=O) groups excluding carboxylic acids is 2. The van der Waals surface area contributed by atoms with E-state index >= 15 is 0 Å². The molecule has 0 aliphatic heterocycles. The van der Waals surface area contributed by atoms with Crippen LogP contribution in [0.2, 0.25) is 0 Å². The Hall–Kier alpha value is -2.62. The van der Waals surface area contributed by atoms with Crippen molar-refractivity contribution in [2.24, 2.45) is 5.92 Å². The molecule has 156 valence electrons. The second-order valence-electron chi connectivity index (χ2n) is 8.24. The molecular weight excluding hydrogens is 360 g/mol. The van der Waals surface area contributed by atoms with Gasteiger partial charge in [-0.3, -0.25) is 9.59 Å². The van der Waals surface area contributed by atoms with Crippen LogP contribution >= 0.6 is 0 Å². The van der Waals surface area contributed by atoms with E-state index in [4.69, 9.17) is 0 Å². The quantitative estimate of drug-likeness (QED) is 0.684. The highest BCUT2D eigenvalue weighted by atomic mass is 16.2.